The van der Waals surface area contributed by atoms with Crippen LogP contribution in [-0.4, -0.2) is 42.0 Å². The summed E-state index contributed by atoms with van der Waals surface area (Å²) in [6.07, 6.45) is 0. The predicted octanol–water partition coefficient (Wildman–Crippen LogP) is 3.64. The number of rotatable bonds is 6. The first-order chi connectivity index (χ1) is 13.8. The highest BCUT2D eigenvalue weighted by Gasteiger charge is 2.41. The van der Waals surface area contributed by atoms with Gasteiger partial charge in [-0.2, -0.15) is 0 Å². The van der Waals surface area contributed by atoms with Crippen LogP contribution in [0.4, 0.5) is 5.69 Å². The van der Waals surface area contributed by atoms with E-state index in [0.717, 1.165) is 16.7 Å². The molecule has 0 saturated carbocycles. The highest BCUT2D eigenvalue weighted by atomic mass is 16.3. The largest absolute Gasteiger partial charge is 0.395 e. The third-order valence-corrected chi connectivity index (χ3v) is 5.49. The number of imide groups is 1. The smallest absolute Gasteiger partial charge is 0.282 e. The summed E-state index contributed by atoms with van der Waals surface area (Å²) in [6, 6.07) is 13.3. The Kier molecular flexibility index (Phi) is 5.89. The van der Waals surface area contributed by atoms with Crippen LogP contribution in [0.2, 0.25) is 0 Å². The molecule has 0 spiro atoms. The molecule has 0 fully saturated rings. The number of aryl methyl sites for hydroxylation is 2. The molecule has 1 heterocycles. The molecule has 1 aliphatic heterocycles. The number of aliphatic hydroxyl groups excluding tert-OH is 1. The third kappa shape index (κ3) is 3.83. The predicted molar refractivity (Wildman–Crippen MR) is 116 cm³/mol. The van der Waals surface area contributed by atoms with Gasteiger partial charge < -0.3 is 10.0 Å². The number of carbonyl (C=O) groups excluding carboxylic acids is 2. The molecule has 0 atom stereocenters. The van der Waals surface area contributed by atoms with Crippen molar-refractivity contribution < 1.29 is 14.7 Å². The van der Waals surface area contributed by atoms with E-state index in [4.69, 9.17) is 0 Å². The number of benzene rings is 2. The Morgan fingerprint density at radius 2 is 1.62 bits per heavy atom. The fraction of sp³-hybridized carbons (Fsp3) is 0.333. The van der Waals surface area contributed by atoms with Crippen LogP contribution >= 0.6 is 0 Å². The molecule has 3 rings (SSSR count). The second-order valence-corrected chi connectivity index (χ2v) is 7.86. The molecule has 0 unspecified atom stereocenters. The molecular formula is C24H28N2O3. The third-order valence-electron chi connectivity index (χ3n) is 5.49. The van der Waals surface area contributed by atoms with E-state index >= 15 is 0 Å². The fourth-order valence-corrected chi connectivity index (χ4v) is 3.53. The summed E-state index contributed by atoms with van der Waals surface area (Å²) < 4.78 is 0. The van der Waals surface area contributed by atoms with E-state index in [9.17, 15) is 14.7 Å². The van der Waals surface area contributed by atoms with E-state index in [0.29, 0.717) is 28.4 Å². The number of hydrogen-bond donors (Lipinski definition) is 1. The molecular weight excluding hydrogens is 364 g/mol. The maximum absolute atomic E-state index is 13.4. The van der Waals surface area contributed by atoms with Gasteiger partial charge in [0.25, 0.3) is 11.8 Å². The monoisotopic (exact) mass is 392 g/mol. The standard InChI is InChI=1S/C24H28N2O3/c1-15(2)18-8-10-20(11-9-18)26-23(28)21(19-7-6-16(3)17(4)14-19)22(24(26)29)25(5)12-13-27/h6-11,14-15,27H,12-13H2,1-5H3. The maximum atomic E-state index is 13.4. The molecule has 2 amide bonds. The molecule has 2 aromatic carbocycles. The second kappa shape index (κ2) is 8.21. The number of amides is 2. The minimum Gasteiger partial charge on any atom is -0.395 e. The quantitative estimate of drug-likeness (QED) is 0.763. The van der Waals surface area contributed by atoms with Gasteiger partial charge in [-0.05, 0) is 54.2 Å². The normalized spacial score (nSPS) is 14.4. The van der Waals surface area contributed by atoms with Crippen molar-refractivity contribution >= 4 is 23.1 Å². The number of carbonyl (C=O) groups is 2. The zero-order chi connectivity index (χ0) is 21.3. The minimum atomic E-state index is -0.364. The van der Waals surface area contributed by atoms with Crippen molar-refractivity contribution in [3.63, 3.8) is 0 Å². The molecule has 0 aromatic heterocycles. The van der Waals surface area contributed by atoms with Crippen molar-refractivity contribution in [2.24, 2.45) is 0 Å². The summed E-state index contributed by atoms with van der Waals surface area (Å²) >= 11 is 0. The van der Waals surface area contributed by atoms with Crippen LogP contribution in [0, 0.1) is 13.8 Å². The lowest BCUT2D eigenvalue weighted by Crippen LogP contribution is -2.34. The maximum Gasteiger partial charge on any atom is 0.282 e. The van der Waals surface area contributed by atoms with Crippen LogP contribution in [0.25, 0.3) is 5.57 Å². The van der Waals surface area contributed by atoms with Gasteiger partial charge >= 0.3 is 0 Å². The molecule has 5 nitrogen and oxygen atoms in total. The summed E-state index contributed by atoms with van der Waals surface area (Å²) in [5.74, 6) is -0.337. The molecule has 152 valence electrons. The number of anilines is 1. The highest BCUT2D eigenvalue weighted by Crippen LogP contribution is 2.35. The van der Waals surface area contributed by atoms with Gasteiger partial charge in [0.15, 0.2) is 0 Å². The lowest BCUT2D eigenvalue weighted by atomic mass is 9.99. The Morgan fingerprint density at radius 1 is 0.966 bits per heavy atom. The molecule has 0 saturated heterocycles. The summed E-state index contributed by atoms with van der Waals surface area (Å²) in [5, 5.41) is 9.38. The fourth-order valence-electron chi connectivity index (χ4n) is 3.53. The van der Waals surface area contributed by atoms with Crippen LogP contribution in [0.3, 0.4) is 0 Å². The highest BCUT2D eigenvalue weighted by molar-refractivity contribution is 6.45. The Labute approximate surface area is 172 Å². The molecule has 29 heavy (non-hydrogen) atoms. The lowest BCUT2D eigenvalue weighted by Gasteiger charge is -2.20. The number of hydrogen-bond acceptors (Lipinski definition) is 4. The van der Waals surface area contributed by atoms with Gasteiger partial charge in [0.05, 0.1) is 17.9 Å². The van der Waals surface area contributed by atoms with Crippen molar-refractivity contribution in [1.82, 2.24) is 4.90 Å². The van der Waals surface area contributed by atoms with Crippen LogP contribution in [0.15, 0.2) is 48.2 Å². The van der Waals surface area contributed by atoms with Crippen molar-refractivity contribution in [3.8, 4) is 0 Å². The van der Waals surface area contributed by atoms with E-state index in [-0.39, 0.29) is 25.0 Å². The lowest BCUT2D eigenvalue weighted by molar-refractivity contribution is -0.120. The summed E-state index contributed by atoms with van der Waals surface area (Å²) in [4.78, 5) is 29.6. The van der Waals surface area contributed by atoms with Gasteiger partial charge in [-0.3, -0.25) is 9.59 Å². The Bertz CT molecular complexity index is 974. The van der Waals surface area contributed by atoms with Gasteiger partial charge in [0.1, 0.15) is 5.70 Å². The average molecular weight is 392 g/mol. The van der Waals surface area contributed by atoms with Gasteiger partial charge in [0, 0.05) is 13.6 Å². The first-order valence-corrected chi connectivity index (χ1v) is 9.89. The van der Waals surface area contributed by atoms with Gasteiger partial charge in [-0.15, -0.1) is 0 Å². The number of likely N-dealkylation sites (N-methyl/N-ethyl adjacent to an activating group) is 1. The van der Waals surface area contributed by atoms with E-state index in [1.165, 1.54) is 4.90 Å². The number of nitrogens with zero attached hydrogens (tertiary/aromatic N) is 2. The van der Waals surface area contributed by atoms with E-state index in [2.05, 4.69) is 13.8 Å². The molecule has 0 bridgehead atoms. The van der Waals surface area contributed by atoms with Crippen molar-refractivity contribution in [3.05, 3.63) is 70.4 Å². The van der Waals surface area contributed by atoms with E-state index in [1.54, 1.807) is 11.9 Å². The average Bonchev–Trinajstić information content (AvgIpc) is 2.94. The molecule has 1 aliphatic rings. The first-order valence-electron chi connectivity index (χ1n) is 9.89. The van der Waals surface area contributed by atoms with Crippen molar-refractivity contribution in [1.29, 1.82) is 0 Å². The van der Waals surface area contributed by atoms with Gasteiger partial charge in [0.2, 0.25) is 0 Å². The summed E-state index contributed by atoms with van der Waals surface area (Å²) in [6.45, 7) is 8.36. The van der Waals surface area contributed by atoms with Gasteiger partial charge in [-0.1, -0.05) is 44.2 Å². The van der Waals surface area contributed by atoms with Crippen molar-refractivity contribution in [2.75, 3.05) is 25.1 Å². The topological polar surface area (TPSA) is 60.9 Å². The molecule has 5 heteroatoms. The minimum absolute atomic E-state index is 0.106. The first kappa shape index (κ1) is 20.8. The molecule has 0 aliphatic carbocycles. The Hall–Kier alpha value is -2.92. The molecule has 0 radical (unpaired) electrons. The number of aliphatic hydroxyl groups is 1. The zero-order valence-electron chi connectivity index (χ0n) is 17.7. The van der Waals surface area contributed by atoms with Gasteiger partial charge in [-0.25, -0.2) is 4.90 Å². The summed E-state index contributed by atoms with van der Waals surface area (Å²) in [5.41, 5.74) is 5.29. The Morgan fingerprint density at radius 3 is 2.17 bits per heavy atom. The van der Waals surface area contributed by atoms with Crippen LogP contribution in [-0.2, 0) is 9.59 Å². The SMILES string of the molecule is Cc1ccc(C2=C(N(C)CCO)C(=O)N(c3ccc(C(C)C)cc3)C2=O)cc1C. The van der Waals surface area contributed by atoms with Crippen LogP contribution in [0.5, 0.6) is 0 Å². The van der Waals surface area contributed by atoms with Crippen LogP contribution < -0.4 is 4.90 Å². The van der Waals surface area contributed by atoms with E-state index in [1.807, 2.05) is 56.3 Å². The summed E-state index contributed by atoms with van der Waals surface area (Å²) in [7, 11) is 1.73. The zero-order valence-corrected chi connectivity index (χ0v) is 17.7. The second-order valence-electron chi connectivity index (χ2n) is 7.86. The molecule has 1 N–H and O–H groups in total. The van der Waals surface area contributed by atoms with E-state index < -0.39 is 0 Å². The molecule has 2 aromatic rings. The van der Waals surface area contributed by atoms with Crippen LogP contribution in [0.1, 0.15) is 42.0 Å². The Balaban J connectivity index is 2.10. The van der Waals surface area contributed by atoms with Crippen molar-refractivity contribution in [2.45, 2.75) is 33.6 Å².